The number of hydrogen-bond donors (Lipinski definition) is 1. The number of para-hydroxylation sites is 1. The number of nitrogens with zero attached hydrogens (tertiary/aromatic N) is 4. The van der Waals surface area contributed by atoms with Crippen LogP contribution >= 0.6 is 34.7 Å². The van der Waals surface area contributed by atoms with Crippen LogP contribution in [0.4, 0.5) is 5.13 Å². The van der Waals surface area contributed by atoms with Crippen LogP contribution in [0.3, 0.4) is 0 Å². The van der Waals surface area contributed by atoms with E-state index in [0.717, 1.165) is 28.1 Å². The van der Waals surface area contributed by atoms with Gasteiger partial charge in [-0.05, 0) is 48.4 Å². The quantitative estimate of drug-likeness (QED) is 0.242. The summed E-state index contributed by atoms with van der Waals surface area (Å²) in [4.78, 5) is 18.1. The molecule has 0 aliphatic carbocycles. The maximum absolute atomic E-state index is 12.7. The van der Waals surface area contributed by atoms with Crippen molar-refractivity contribution in [2.24, 2.45) is 0 Å². The molecule has 0 saturated heterocycles. The van der Waals surface area contributed by atoms with Gasteiger partial charge in [0.2, 0.25) is 11.7 Å². The first-order chi connectivity index (χ1) is 17.1. The number of furan rings is 1. The van der Waals surface area contributed by atoms with E-state index >= 15 is 0 Å². The zero-order valence-corrected chi connectivity index (χ0v) is 21.0. The minimum atomic E-state index is -0.165. The molecule has 5 rings (SSSR count). The zero-order chi connectivity index (χ0) is 24.2. The number of carbonyl (C=O) groups is 1. The summed E-state index contributed by atoms with van der Waals surface area (Å²) in [5, 5.41) is 13.4. The van der Waals surface area contributed by atoms with Crippen molar-refractivity contribution < 1.29 is 9.21 Å². The SMILES string of the molecule is Cc1ccccc1-n1c(SCC(=O)Nc2ncc(Cc3ccc(Cl)cc3)s2)nnc1-c1ccco1. The van der Waals surface area contributed by atoms with Gasteiger partial charge in [-0.2, -0.15) is 0 Å². The highest BCUT2D eigenvalue weighted by Gasteiger charge is 2.20. The fourth-order valence-electron chi connectivity index (χ4n) is 3.50. The first-order valence-corrected chi connectivity index (χ1v) is 12.9. The average Bonchev–Trinajstić information content (AvgIpc) is 3.61. The van der Waals surface area contributed by atoms with E-state index in [1.54, 1.807) is 12.5 Å². The van der Waals surface area contributed by atoms with E-state index in [1.165, 1.54) is 23.1 Å². The van der Waals surface area contributed by atoms with Crippen LogP contribution in [0.25, 0.3) is 17.3 Å². The summed E-state index contributed by atoms with van der Waals surface area (Å²) in [6, 6.07) is 19.3. The molecule has 0 aliphatic rings. The summed E-state index contributed by atoms with van der Waals surface area (Å²) in [6.45, 7) is 2.02. The summed E-state index contributed by atoms with van der Waals surface area (Å²) in [7, 11) is 0. The lowest BCUT2D eigenvalue weighted by molar-refractivity contribution is -0.113. The predicted octanol–water partition coefficient (Wildman–Crippen LogP) is 6.27. The molecule has 176 valence electrons. The maximum atomic E-state index is 12.7. The third-order valence-corrected chi connectivity index (χ3v) is 7.25. The largest absolute Gasteiger partial charge is 0.461 e. The Bertz CT molecular complexity index is 1450. The van der Waals surface area contributed by atoms with Crippen LogP contribution in [0.1, 0.15) is 16.0 Å². The number of carbonyl (C=O) groups excluding carboxylic acids is 1. The molecular formula is C25H20ClN5O2S2. The third kappa shape index (κ3) is 5.48. The Kier molecular flexibility index (Phi) is 6.98. The van der Waals surface area contributed by atoms with Gasteiger partial charge in [0.15, 0.2) is 16.0 Å². The Morgan fingerprint density at radius 3 is 2.71 bits per heavy atom. The molecule has 1 N–H and O–H groups in total. The van der Waals surface area contributed by atoms with E-state index < -0.39 is 0 Å². The van der Waals surface area contributed by atoms with Gasteiger partial charge >= 0.3 is 0 Å². The molecule has 0 aliphatic heterocycles. The molecule has 3 heterocycles. The van der Waals surface area contributed by atoms with E-state index in [2.05, 4.69) is 20.5 Å². The lowest BCUT2D eigenvalue weighted by Crippen LogP contribution is -2.14. The van der Waals surface area contributed by atoms with Gasteiger partial charge in [-0.3, -0.25) is 9.36 Å². The molecule has 0 fully saturated rings. The van der Waals surface area contributed by atoms with E-state index in [4.69, 9.17) is 16.0 Å². The van der Waals surface area contributed by atoms with Crippen molar-refractivity contribution in [2.45, 2.75) is 18.5 Å². The average molecular weight is 522 g/mol. The second kappa shape index (κ2) is 10.5. The number of hydrogen-bond acceptors (Lipinski definition) is 7. The van der Waals surface area contributed by atoms with Crippen molar-refractivity contribution in [3.63, 3.8) is 0 Å². The summed E-state index contributed by atoms with van der Waals surface area (Å²) in [5.41, 5.74) is 3.12. The molecule has 35 heavy (non-hydrogen) atoms. The molecule has 10 heteroatoms. The smallest absolute Gasteiger partial charge is 0.236 e. The Labute approximate surface area is 215 Å². The first kappa shape index (κ1) is 23.3. The second-order valence-corrected chi connectivity index (χ2v) is 10.2. The first-order valence-electron chi connectivity index (χ1n) is 10.7. The maximum Gasteiger partial charge on any atom is 0.236 e. The molecular weight excluding hydrogens is 502 g/mol. The minimum Gasteiger partial charge on any atom is -0.461 e. The molecule has 7 nitrogen and oxygen atoms in total. The molecule has 0 radical (unpaired) electrons. The summed E-state index contributed by atoms with van der Waals surface area (Å²) in [6.07, 6.45) is 4.11. The molecule has 0 spiro atoms. The van der Waals surface area contributed by atoms with Crippen molar-refractivity contribution in [1.29, 1.82) is 0 Å². The van der Waals surface area contributed by atoms with Crippen LogP contribution in [-0.2, 0) is 11.2 Å². The number of thioether (sulfide) groups is 1. The molecule has 3 aromatic heterocycles. The molecule has 0 unspecified atom stereocenters. The lowest BCUT2D eigenvalue weighted by atomic mass is 10.1. The van der Waals surface area contributed by atoms with Crippen LogP contribution in [0.2, 0.25) is 5.02 Å². The number of anilines is 1. The lowest BCUT2D eigenvalue weighted by Gasteiger charge is -2.11. The van der Waals surface area contributed by atoms with Gasteiger partial charge in [-0.25, -0.2) is 4.98 Å². The van der Waals surface area contributed by atoms with Crippen molar-refractivity contribution >= 4 is 45.7 Å². The zero-order valence-electron chi connectivity index (χ0n) is 18.6. The van der Waals surface area contributed by atoms with Crippen LogP contribution in [0.15, 0.2) is 82.7 Å². The Balaban J connectivity index is 1.28. The monoisotopic (exact) mass is 521 g/mol. The molecule has 0 bridgehead atoms. The highest BCUT2D eigenvalue weighted by atomic mass is 35.5. The number of nitrogens with one attached hydrogen (secondary N) is 1. The highest BCUT2D eigenvalue weighted by Crippen LogP contribution is 2.30. The molecule has 1 amide bonds. The second-order valence-electron chi connectivity index (χ2n) is 7.68. The van der Waals surface area contributed by atoms with Gasteiger partial charge in [0.25, 0.3) is 0 Å². The molecule has 0 saturated carbocycles. The number of benzene rings is 2. The van der Waals surface area contributed by atoms with E-state index in [0.29, 0.717) is 26.9 Å². The third-order valence-electron chi connectivity index (χ3n) is 5.16. The van der Waals surface area contributed by atoms with Crippen molar-refractivity contribution in [3.05, 3.63) is 94.2 Å². The number of rotatable bonds is 8. The summed E-state index contributed by atoms with van der Waals surface area (Å²) >= 11 is 8.72. The van der Waals surface area contributed by atoms with Gasteiger partial charge in [0, 0.05) is 22.5 Å². The number of thiazole rings is 1. The fraction of sp³-hybridized carbons (Fsp3) is 0.120. The molecule has 2 aromatic carbocycles. The molecule has 0 atom stereocenters. The predicted molar refractivity (Wildman–Crippen MR) is 140 cm³/mol. The van der Waals surface area contributed by atoms with E-state index in [9.17, 15) is 4.79 Å². The van der Waals surface area contributed by atoms with Gasteiger partial charge in [0.05, 0.1) is 17.7 Å². The van der Waals surface area contributed by atoms with Gasteiger partial charge < -0.3 is 9.73 Å². The van der Waals surface area contributed by atoms with E-state index in [1.807, 2.05) is 72.2 Å². The Morgan fingerprint density at radius 1 is 1.11 bits per heavy atom. The van der Waals surface area contributed by atoms with Crippen LogP contribution in [0.5, 0.6) is 0 Å². The van der Waals surface area contributed by atoms with Crippen LogP contribution in [0, 0.1) is 6.92 Å². The topological polar surface area (TPSA) is 85.8 Å². The fourth-order valence-corrected chi connectivity index (χ4v) is 5.23. The summed E-state index contributed by atoms with van der Waals surface area (Å²) in [5.74, 6) is 1.18. The number of amides is 1. The van der Waals surface area contributed by atoms with E-state index in [-0.39, 0.29) is 11.7 Å². The number of aryl methyl sites for hydroxylation is 1. The minimum absolute atomic E-state index is 0.161. The Hall–Kier alpha value is -3.40. The highest BCUT2D eigenvalue weighted by molar-refractivity contribution is 7.99. The van der Waals surface area contributed by atoms with Gasteiger partial charge in [-0.1, -0.05) is 53.7 Å². The van der Waals surface area contributed by atoms with Gasteiger partial charge in [-0.15, -0.1) is 21.5 Å². The summed E-state index contributed by atoms with van der Waals surface area (Å²) < 4.78 is 7.48. The van der Waals surface area contributed by atoms with Crippen molar-refractivity contribution in [1.82, 2.24) is 19.7 Å². The number of aromatic nitrogens is 4. The van der Waals surface area contributed by atoms with Crippen molar-refractivity contribution in [2.75, 3.05) is 11.1 Å². The standard InChI is InChI=1S/C25H20ClN5O2S2/c1-16-5-2-3-6-20(16)31-23(21-7-4-12-33-21)29-30-25(31)34-15-22(32)28-24-27-14-19(35-24)13-17-8-10-18(26)11-9-17/h2-12,14H,13,15H2,1H3,(H,27,28,32). The molecule has 5 aromatic rings. The Morgan fingerprint density at radius 2 is 1.94 bits per heavy atom. The normalized spacial score (nSPS) is 11.0. The van der Waals surface area contributed by atoms with Crippen LogP contribution < -0.4 is 5.32 Å². The van der Waals surface area contributed by atoms with Crippen molar-refractivity contribution in [3.8, 4) is 17.3 Å². The van der Waals surface area contributed by atoms with Gasteiger partial charge in [0.1, 0.15) is 0 Å². The number of halogens is 1. The van der Waals surface area contributed by atoms with Crippen LogP contribution in [-0.4, -0.2) is 31.4 Å².